The number of benzene rings is 1. The van der Waals surface area contributed by atoms with Crippen LogP contribution in [0.1, 0.15) is 38.2 Å². The zero-order chi connectivity index (χ0) is 11.5. The number of rotatable bonds is 4. The van der Waals surface area contributed by atoms with Crippen molar-refractivity contribution in [2.24, 2.45) is 5.92 Å². The van der Waals surface area contributed by atoms with Crippen molar-refractivity contribution in [3.05, 3.63) is 29.8 Å². The number of hydrogen-bond acceptors (Lipinski definition) is 2. The first-order chi connectivity index (χ1) is 7.66. The summed E-state index contributed by atoms with van der Waals surface area (Å²) in [7, 11) is 0. The number of para-hydroxylation sites is 1. The molecule has 1 aromatic rings. The number of Topliss-reactive ketones (excluding diaryl/α,β-unsaturated/α-hetero) is 1. The Balaban J connectivity index is 2.00. The van der Waals surface area contributed by atoms with E-state index in [9.17, 15) is 4.79 Å². The van der Waals surface area contributed by atoms with Gasteiger partial charge < -0.3 is 9.53 Å². The molecule has 0 amide bonds. The first-order valence-corrected chi connectivity index (χ1v) is 5.88. The third-order valence-electron chi connectivity index (χ3n) is 3.12. The first kappa shape index (κ1) is 11.2. The summed E-state index contributed by atoms with van der Waals surface area (Å²) >= 11 is 0. The number of carbonyl (C=O) groups excluding carboxylic acids is 1. The summed E-state index contributed by atoms with van der Waals surface area (Å²) < 4.78 is 5.63. The van der Waals surface area contributed by atoms with Crippen LogP contribution < -0.4 is 4.74 Å². The van der Waals surface area contributed by atoms with E-state index >= 15 is 0 Å². The summed E-state index contributed by atoms with van der Waals surface area (Å²) in [5.74, 6) is 2.20. The number of fused-ring (bicyclic) bond motifs is 1. The Labute approximate surface area is 96.6 Å². The van der Waals surface area contributed by atoms with Crippen LogP contribution in [0.3, 0.4) is 0 Å². The highest BCUT2D eigenvalue weighted by Gasteiger charge is 2.25. The normalized spacial score (nSPS) is 20.0. The Morgan fingerprint density at radius 2 is 2.25 bits per heavy atom. The van der Waals surface area contributed by atoms with Crippen molar-refractivity contribution >= 4 is 5.78 Å². The average Bonchev–Trinajstić information content (AvgIpc) is 2.61. The third kappa shape index (κ3) is 2.43. The SMILES string of the molecule is CC(=O)CC(C)CC1COc2ccccc21. The van der Waals surface area contributed by atoms with Crippen molar-refractivity contribution in [3.63, 3.8) is 0 Å². The van der Waals surface area contributed by atoms with Crippen molar-refractivity contribution in [3.8, 4) is 5.75 Å². The maximum absolute atomic E-state index is 11.0. The van der Waals surface area contributed by atoms with Gasteiger partial charge in [0.05, 0.1) is 6.61 Å². The molecule has 0 fully saturated rings. The highest BCUT2D eigenvalue weighted by atomic mass is 16.5. The molecule has 0 saturated heterocycles. The lowest BCUT2D eigenvalue weighted by atomic mass is 9.89. The van der Waals surface area contributed by atoms with Crippen LogP contribution in [0.25, 0.3) is 0 Å². The van der Waals surface area contributed by atoms with Crippen molar-refractivity contribution in [2.75, 3.05) is 6.61 Å². The molecule has 0 N–H and O–H groups in total. The van der Waals surface area contributed by atoms with Gasteiger partial charge in [0.1, 0.15) is 11.5 Å². The van der Waals surface area contributed by atoms with Gasteiger partial charge in [0, 0.05) is 17.9 Å². The van der Waals surface area contributed by atoms with Gasteiger partial charge >= 0.3 is 0 Å². The fourth-order valence-corrected chi connectivity index (χ4v) is 2.48. The van der Waals surface area contributed by atoms with Gasteiger partial charge in [-0.2, -0.15) is 0 Å². The molecule has 2 rings (SSSR count). The van der Waals surface area contributed by atoms with Gasteiger partial charge in [-0.15, -0.1) is 0 Å². The first-order valence-electron chi connectivity index (χ1n) is 5.88. The van der Waals surface area contributed by atoms with Gasteiger partial charge in [-0.05, 0) is 25.3 Å². The standard InChI is InChI=1S/C14H18O2/c1-10(7-11(2)15)8-12-9-16-14-6-4-3-5-13(12)14/h3-6,10,12H,7-9H2,1-2H3. The number of hydrogen-bond donors (Lipinski definition) is 0. The summed E-state index contributed by atoms with van der Waals surface area (Å²) in [6.45, 7) is 4.57. The molecule has 0 spiro atoms. The van der Waals surface area contributed by atoms with Gasteiger partial charge in [-0.3, -0.25) is 0 Å². The molecule has 16 heavy (non-hydrogen) atoms. The van der Waals surface area contributed by atoms with E-state index in [4.69, 9.17) is 4.74 Å². The number of ketones is 1. The van der Waals surface area contributed by atoms with E-state index in [2.05, 4.69) is 19.1 Å². The predicted octanol–water partition coefficient (Wildman–Crippen LogP) is 3.17. The fourth-order valence-electron chi connectivity index (χ4n) is 2.48. The molecule has 0 radical (unpaired) electrons. The van der Waals surface area contributed by atoms with Crippen LogP contribution in [-0.2, 0) is 4.79 Å². The predicted molar refractivity (Wildman–Crippen MR) is 63.8 cm³/mol. The molecule has 2 unspecified atom stereocenters. The largest absolute Gasteiger partial charge is 0.493 e. The van der Waals surface area contributed by atoms with Crippen molar-refractivity contribution < 1.29 is 9.53 Å². The van der Waals surface area contributed by atoms with Gasteiger partial charge in [0.15, 0.2) is 0 Å². The van der Waals surface area contributed by atoms with E-state index in [-0.39, 0.29) is 5.78 Å². The Hall–Kier alpha value is -1.31. The van der Waals surface area contributed by atoms with Crippen molar-refractivity contribution in [2.45, 2.75) is 32.6 Å². The van der Waals surface area contributed by atoms with Crippen LogP contribution in [-0.4, -0.2) is 12.4 Å². The molecule has 1 aromatic carbocycles. The molecule has 2 atom stereocenters. The monoisotopic (exact) mass is 218 g/mol. The van der Waals surface area contributed by atoms with Crippen LogP contribution in [0.5, 0.6) is 5.75 Å². The molecule has 2 heteroatoms. The van der Waals surface area contributed by atoms with Crippen LogP contribution in [0.4, 0.5) is 0 Å². The maximum atomic E-state index is 11.0. The van der Waals surface area contributed by atoms with Gasteiger partial charge in [-0.1, -0.05) is 25.1 Å². The molecule has 86 valence electrons. The summed E-state index contributed by atoms with van der Waals surface area (Å²) in [6.07, 6.45) is 1.72. The second-order valence-corrected chi connectivity index (χ2v) is 4.79. The second-order valence-electron chi connectivity index (χ2n) is 4.79. The molecule has 0 aromatic heterocycles. The second kappa shape index (κ2) is 4.69. The minimum atomic E-state index is 0.278. The van der Waals surface area contributed by atoms with Crippen LogP contribution in [0, 0.1) is 5.92 Å². The Bertz CT molecular complexity index is 384. The van der Waals surface area contributed by atoms with E-state index in [1.165, 1.54) is 5.56 Å². The molecule has 0 aliphatic carbocycles. The van der Waals surface area contributed by atoms with Crippen LogP contribution >= 0.6 is 0 Å². The van der Waals surface area contributed by atoms with Gasteiger partial charge in [0.2, 0.25) is 0 Å². The van der Waals surface area contributed by atoms with Crippen molar-refractivity contribution in [1.29, 1.82) is 0 Å². The Morgan fingerprint density at radius 3 is 3.00 bits per heavy atom. The third-order valence-corrected chi connectivity index (χ3v) is 3.12. The van der Waals surface area contributed by atoms with Crippen LogP contribution in [0.2, 0.25) is 0 Å². The number of carbonyl (C=O) groups is 1. The van der Waals surface area contributed by atoms with Gasteiger partial charge in [-0.25, -0.2) is 0 Å². The average molecular weight is 218 g/mol. The lowest BCUT2D eigenvalue weighted by Gasteiger charge is -2.14. The molecule has 0 saturated carbocycles. The van der Waals surface area contributed by atoms with E-state index in [0.29, 0.717) is 18.3 Å². The van der Waals surface area contributed by atoms with E-state index < -0.39 is 0 Å². The smallest absolute Gasteiger partial charge is 0.130 e. The Kier molecular flexibility index (Phi) is 3.28. The highest BCUT2D eigenvalue weighted by molar-refractivity contribution is 5.75. The van der Waals surface area contributed by atoms with Gasteiger partial charge in [0.25, 0.3) is 0 Å². The minimum Gasteiger partial charge on any atom is -0.493 e. The summed E-state index contributed by atoms with van der Waals surface area (Å²) in [5.41, 5.74) is 1.30. The molecule has 1 heterocycles. The summed E-state index contributed by atoms with van der Waals surface area (Å²) in [5, 5.41) is 0. The summed E-state index contributed by atoms with van der Waals surface area (Å²) in [4.78, 5) is 11.0. The number of ether oxygens (including phenoxy) is 1. The quantitative estimate of drug-likeness (QED) is 0.776. The molecular formula is C14H18O2. The molecular weight excluding hydrogens is 200 g/mol. The lowest BCUT2D eigenvalue weighted by molar-refractivity contribution is -0.117. The maximum Gasteiger partial charge on any atom is 0.130 e. The fraction of sp³-hybridized carbons (Fsp3) is 0.500. The molecule has 1 aliphatic heterocycles. The molecule has 0 bridgehead atoms. The molecule has 1 aliphatic rings. The Morgan fingerprint density at radius 1 is 1.50 bits per heavy atom. The van der Waals surface area contributed by atoms with E-state index in [0.717, 1.165) is 18.8 Å². The lowest BCUT2D eigenvalue weighted by Crippen LogP contribution is -2.09. The summed E-state index contributed by atoms with van der Waals surface area (Å²) in [6, 6.07) is 8.20. The highest BCUT2D eigenvalue weighted by Crippen LogP contribution is 2.37. The minimum absolute atomic E-state index is 0.278. The van der Waals surface area contributed by atoms with E-state index in [1.54, 1.807) is 6.92 Å². The zero-order valence-electron chi connectivity index (χ0n) is 9.90. The topological polar surface area (TPSA) is 26.3 Å². The molecule has 2 nitrogen and oxygen atoms in total. The van der Waals surface area contributed by atoms with Crippen LogP contribution in [0.15, 0.2) is 24.3 Å². The zero-order valence-corrected chi connectivity index (χ0v) is 9.90. The van der Waals surface area contributed by atoms with E-state index in [1.807, 2.05) is 12.1 Å². The van der Waals surface area contributed by atoms with Crippen molar-refractivity contribution in [1.82, 2.24) is 0 Å².